The van der Waals surface area contributed by atoms with E-state index in [1.165, 1.54) is 32.1 Å². The molecule has 0 heterocycles. The summed E-state index contributed by atoms with van der Waals surface area (Å²) in [7, 11) is 2.15. The van der Waals surface area contributed by atoms with E-state index in [-0.39, 0.29) is 5.91 Å². The van der Waals surface area contributed by atoms with Crippen LogP contribution in [0.5, 0.6) is 0 Å². The summed E-state index contributed by atoms with van der Waals surface area (Å²) in [5, 5.41) is 0. The number of nitrogens with zero attached hydrogens (tertiary/aromatic N) is 1. The molecule has 1 aromatic rings. The van der Waals surface area contributed by atoms with Crippen LogP contribution >= 0.6 is 0 Å². The zero-order chi connectivity index (χ0) is 13.7. The number of hydrogen-bond acceptors (Lipinski definition) is 3. The maximum absolute atomic E-state index is 11.7. The Kier molecular flexibility index (Phi) is 4.93. The van der Waals surface area contributed by atoms with Crippen molar-refractivity contribution in [3.63, 3.8) is 0 Å². The standard InChI is InChI=1S/C15H23N3O/c1-18(13-8-3-2-4-9-13)11-12-7-5-6-10-14(12)15(19)17-16/h5-7,10,13H,2-4,8-9,11,16H2,1H3,(H,17,19). The van der Waals surface area contributed by atoms with Gasteiger partial charge in [0.15, 0.2) is 0 Å². The fraction of sp³-hybridized carbons (Fsp3) is 0.533. The molecule has 19 heavy (non-hydrogen) atoms. The molecule has 0 atom stereocenters. The third-order valence-electron chi connectivity index (χ3n) is 4.01. The highest BCUT2D eigenvalue weighted by Crippen LogP contribution is 2.23. The quantitative estimate of drug-likeness (QED) is 0.495. The van der Waals surface area contributed by atoms with Crippen LogP contribution < -0.4 is 11.3 Å². The van der Waals surface area contributed by atoms with Crippen molar-refractivity contribution < 1.29 is 4.79 Å². The minimum Gasteiger partial charge on any atom is -0.299 e. The Hall–Kier alpha value is -1.39. The van der Waals surface area contributed by atoms with Gasteiger partial charge >= 0.3 is 0 Å². The molecule has 104 valence electrons. The van der Waals surface area contributed by atoms with Crippen molar-refractivity contribution in [1.29, 1.82) is 0 Å². The van der Waals surface area contributed by atoms with E-state index in [2.05, 4.69) is 17.4 Å². The topological polar surface area (TPSA) is 58.4 Å². The van der Waals surface area contributed by atoms with E-state index in [0.29, 0.717) is 11.6 Å². The van der Waals surface area contributed by atoms with Gasteiger partial charge in [0.25, 0.3) is 5.91 Å². The molecule has 0 aromatic heterocycles. The molecule has 0 unspecified atom stereocenters. The predicted molar refractivity (Wildman–Crippen MR) is 76.4 cm³/mol. The first-order valence-corrected chi connectivity index (χ1v) is 7.01. The Morgan fingerprint density at radius 1 is 1.32 bits per heavy atom. The average molecular weight is 261 g/mol. The van der Waals surface area contributed by atoms with Crippen LogP contribution in [-0.2, 0) is 6.54 Å². The van der Waals surface area contributed by atoms with Gasteiger partial charge in [0, 0.05) is 18.2 Å². The van der Waals surface area contributed by atoms with Crippen molar-refractivity contribution >= 4 is 5.91 Å². The van der Waals surface area contributed by atoms with E-state index in [1.807, 2.05) is 24.3 Å². The molecular weight excluding hydrogens is 238 g/mol. The number of nitrogens with one attached hydrogen (secondary N) is 1. The lowest BCUT2D eigenvalue weighted by atomic mass is 9.94. The van der Waals surface area contributed by atoms with E-state index in [1.54, 1.807) is 0 Å². The zero-order valence-corrected chi connectivity index (χ0v) is 11.6. The van der Waals surface area contributed by atoms with E-state index in [0.717, 1.165) is 12.1 Å². The molecule has 1 aliphatic carbocycles. The van der Waals surface area contributed by atoms with Crippen molar-refractivity contribution in [2.45, 2.75) is 44.7 Å². The SMILES string of the molecule is CN(Cc1ccccc1C(=O)NN)C1CCCCC1. The van der Waals surface area contributed by atoms with E-state index >= 15 is 0 Å². The van der Waals surface area contributed by atoms with Crippen LogP contribution in [0.2, 0.25) is 0 Å². The molecule has 0 radical (unpaired) electrons. The lowest BCUT2D eigenvalue weighted by Crippen LogP contribution is -2.35. The highest BCUT2D eigenvalue weighted by atomic mass is 16.2. The number of hydrogen-bond donors (Lipinski definition) is 2. The number of hydrazine groups is 1. The Morgan fingerprint density at radius 2 is 2.00 bits per heavy atom. The van der Waals surface area contributed by atoms with Crippen molar-refractivity contribution in [3.8, 4) is 0 Å². The van der Waals surface area contributed by atoms with Crippen molar-refractivity contribution in [2.24, 2.45) is 5.84 Å². The van der Waals surface area contributed by atoms with Crippen molar-refractivity contribution in [1.82, 2.24) is 10.3 Å². The fourth-order valence-electron chi connectivity index (χ4n) is 2.88. The second kappa shape index (κ2) is 6.68. The Balaban J connectivity index is 2.07. The molecule has 1 fully saturated rings. The van der Waals surface area contributed by atoms with Gasteiger partial charge in [0.1, 0.15) is 0 Å². The van der Waals surface area contributed by atoms with E-state index < -0.39 is 0 Å². The molecule has 1 saturated carbocycles. The molecule has 0 spiro atoms. The van der Waals surface area contributed by atoms with Gasteiger partial charge in [-0.05, 0) is 31.5 Å². The van der Waals surface area contributed by atoms with Crippen LogP contribution in [0.15, 0.2) is 24.3 Å². The van der Waals surface area contributed by atoms with Crippen LogP contribution in [0.4, 0.5) is 0 Å². The largest absolute Gasteiger partial charge is 0.299 e. The number of carbonyl (C=O) groups excluding carboxylic acids is 1. The van der Waals surface area contributed by atoms with Crippen molar-refractivity contribution in [2.75, 3.05) is 7.05 Å². The third kappa shape index (κ3) is 3.55. The fourth-order valence-corrected chi connectivity index (χ4v) is 2.88. The molecule has 1 aliphatic rings. The summed E-state index contributed by atoms with van der Waals surface area (Å²) in [6, 6.07) is 8.31. The van der Waals surface area contributed by atoms with Gasteiger partial charge < -0.3 is 0 Å². The first-order valence-electron chi connectivity index (χ1n) is 7.01. The van der Waals surface area contributed by atoms with Crippen LogP contribution in [0, 0.1) is 0 Å². The molecule has 0 saturated heterocycles. The molecule has 0 bridgehead atoms. The zero-order valence-electron chi connectivity index (χ0n) is 11.6. The summed E-state index contributed by atoms with van der Waals surface area (Å²) in [6.45, 7) is 0.800. The molecular formula is C15H23N3O. The summed E-state index contributed by atoms with van der Waals surface area (Å²) in [6.07, 6.45) is 6.53. The number of nitrogen functional groups attached to an aromatic ring is 1. The average Bonchev–Trinajstić information content (AvgIpc) is 2.48. The predicted octanol–water partition coefficient (Wildman–Crippen LogP) is 2.05. The maximum Gasteiger partial charge on any atom is 0.265 e. The Labute approximate surface area is 114 Å². The van der Waals surface area contributed by atoms with Gasteiger partial charge in [-0.3, -0.25) is 15.1 Å². The van der Waals surface area contributed by atoms with Gasteiger partial charge in [0.2, 0.25) is 0 Å². The molecule has 4 nitrogen and oxygen atoms in total. The highest BCUT2D eigenvalue weighted by molar-refractivity contribution is 5.95. The molecule has 1 amide bonds. The maximum atomic E-state index is 11.7. The lowest BCUT2D eigenvalue weighted by Gasteiger charge is -2.31. The summed E-state index contributed by atoms with van der Waals surface area (Å²) >= 11 is 0. The van der Waals surface area contributed by atoms with E-state index in [9.17, 15) is 4.79 Å². The summed E-state index contributed by atoms with van der Waals surface area (Å²) in [4.78, 5) is 14.1. The smallest absolute Gasteiger partial charge is 0.265 e. The van der Waals surface area contributed by atoms with Crippen LogP contribution in [0.1, 0.15) is 48.0 Å². The normalized spacial score (nSPS) is 16.6. The summed E-state index contributed by atoms with van der Waals surface area (Å²) in [5.74, 6) is 5.02. The summed E-state index contributed by atoms with van der Waals surface area (Å²) in [5.41, 5.74) is 3.93. The number of benzene rings is 1. The van der Waals surface area contributed by atoms with Gasteiger partial charge in [-0.15, -0.1) is 0 Å². The second-order valence-electron chi connectivity index (χ2n) is 5.34. The van der Waals surface area contributed by atoms with Gasteiger partial charge in [-0.1, -0.05) is 37.5 Å². The van der Waals surface area contributed by atoms with Crippen LogP contribution in [0.3, 0.4) is 0 Å². The Bertz CT molecular complexity index is 427. The van der Waals surface area contributed by atoms with Gasteiger partial charge in [0.05, 0.1) is 0 Å². The van der Waals surface area contributed by atoms with E-state index in [4.69, 9.17) is 5.84 Å². The molecule has 3 N–H and O–H groups in total. The third-order valence-corrected chi connectivity index (χ3v) is 4.01. The molecule has 1 aromatic carbocycles. The molecule has 2 rings (SSSR count). The number of rotatable bonds is 4. The monoisotopic (exact) mass is 261 g/mol. The van der Waals surface area contributed by atoms with Crippen molar-refractivity contribution in [3.05, 3.63) is 35.4 Å². The molecule has 4 heteroatoms. The minimum atomic E-state index is -0.215. The molecule has 0 aliphatic heterocycles. The first-order chi connectivity index (χ1) is 9.22. The Morgan fingerprint density at radius 3 is 2.68 bits per heavy atom. The van der Waals surface area contributed by atoms with Crippen LogP contribution in [-0.4, -0.2) is 23.9 Å². The number of amides is 1. The summed E-state index contributed by atoms with van der Waals surface area (Å²) < 4.78 is 0. The minimum absolute atomic E-state index is 0.215. The second-order valence-corrected chi connectivity index (χ2v) is 5.34. The van der Waals surface area contributed by atoms with Crippen LogP contribution in [0.25, 0.3) is 0 Å². The van der Waals surface area contributed by atoms with Gasteiger partial charge in [-0.2, -0.15) is 0 Å². The number of carbonyl (C=O) groups is 1. The number of nitrogens with two attached hydrogens (primary N) is 1. The highest BCUT2D eigenvalue weighted by Gasteiger charge is 2.19. The lowest BCUT2D eigenvalue weighted by molar-refractivity contribution is 0.0950. The first kappa shape index (κ1) is 14.0. The van der Waals surface area contributed by atoms with Gasteiger partial charge in [-0.25, -0.2) is 5.84 Å².